The Hall–Kier alpha value is 0.137. The van der Waals surface area contributed by atoms with Crippen LogP contribution in [-0.4, -0.2) is 28.1 Å². The summed E-state index contributed by atoms with van der Waals surface area (Å²) in [6.07, 6.45) is 1.33. The fraction of sp³-hybridized carbons (Fsp3) is 1.00. The molecule has 1 aliphatic carbocycles. The maximum Gasteiger partial charge on any atom is 0.192 e. The van der Waals surface area contributed by atoms with Gasteiger partial charge in [-0.1, -0.05) is 20.8 Å². The maximum atomic E-state index is 6.28. The average molecular weight is 228 g/mol. The lowest BCUT2D eigenvalue weighted by Crippen LogP contribution is -2.42. The average Bonchev–Trinajstić information content (AvgIpc) is 2.65. The van der Waals surface area contributed by atoms with Gasteiger partial charge in [-0.2, -0.15) is 0 Å². The molecule has 1 heterocycles. The summed E-state index contributed by atoms with van der Waals surface area (Å²) in [5.74, 6) is 0.808. The fourth-order valence-corrected chi connectivity index (χ4v) is 3.09. The van der Waals surface area contributed by atoms with Gasteiger partial charge in [0.2, 0.25) is 0 Å². The van der Waals surface area contributed by atoms with Crippen LogP contribution in [0.25, 0.3) is 0 Å². The zero-order chi connectivity index (χ0) is 11.3. The molecule has 0 N–H and O–H groups in total. The zero-order valence-corrected chi connectivity index (χ0v) is 11.7. The van der Waals surface area contributed by atoms with E-state index in [4.69, 9.17) is 9.16 Å². The Balaban J connectivity index is 1.88. The lowest BCUT2D eigenvalue weighted by Gasteiger charge is -2.37. The largest absolute Gasteiger partial charge is 0.416 e. The van der Waals surface area contributed by atoms with E-state index in [1.54, 1.807) is 0 Å². The highest BCUT2D eigenvalue weighted by atomic mass is 28.4. The maximum absolute atomic E-state index is 6.28. The lowest BCUT2D eigenvalue weighted by atomic mass is 10.1. The van der Waals surface area contributed by atoms with Crippen molar-refractivity contribution in [3.8, 4) is 0 Å². The summed E-state index contributed by atoms with van der Waals surface area (Å²) in [6.45, 7) is 14.4. The summed E-state index contributed by atoms with van der Waals surface area (Å²) in [4.78, 5) is 0. The molecule has 0 aromatic heterocycles. The molecule has 2 nitrogen and oxygen atoms in total. The number of hydrogen-bond donors (Lipinski definition) is 0. The second kappa shape index (κ2) is 3.31. The van der Waals surface area contributed by atoms with Crippen LogP contribution >= 0.6 is 0 Å². The molecule has 3 heteroatoms. The molecule has 0 radical (unpaired) electrons. The molecule has 2 fully saturated rings. The van der Waals surface area contributed by atoms with Crippen molar-refractivity contribution in [3.63, 3.8) is 0 Å². The molecule has 2 rings (SSSR count). The van der Waals surface area contributed by atoms with Crippen LogP contribution in [0.3, 0.4) is 0 Å². The Labute approximate surface area is 94.5 Å². The van der Waals surface area contributed by atoms with Crippen molar-refractivity contribution in [2.24, 2.45) is 11.3 Å². The molecule has 0 spiro atoms. The molecule has 88 valence electrons. The predicted octanol–water partition coefficient (Wildman–Crippen LogP) is 3.04. The van der Waals surface area contributed by atoms with Crippen molar-refractivity contribution in [1.82, 2.24) is 0 Å². The van der Waals surface area contributed by atoms with E-state index in [0.717, 1.165) is 25.7 Å². The van der Waals surface area contributed by atoms with Crippen LogP contribution in [-0.2, 0) is 9.16 Å². The van der Waals surface area contributed by atoms with Crippen LogP contribution < -0.4 is 0 Å². The second-order valence-corrected chi connectivity index (χ2v) is 11.6. The van der Waals surface area contributed by atoms with Crippen molar-refractivity contribution >= 4 is 8.32 Å². The summed E-state index contributed by atoms with van der Waals surface area (Å²) in [5, 5.41) is 0.327. The van der Waals surface area contributed by atoms with Gasteiger partial charge in [0.1, 0.15) is 0 Å². The summed E-state index contributed by atoms with van der Waals surface area (Å²) in [7, 11) is -1.55. The Morgan fingerprint density at radius 2 is 2.07 bits per heavy atom. The Morgan fingerprint density at radius 1 is 1.40 bits per heavy atom. The van der Waals surface area contributed by atoms with Crippen LogP contribution in [0, 0.1) is 11.3 Å². The van der Waals surface area contributed by atoms with E-state index in [1.165, 1.54) is 6.42 Å². The van der Waals surface area contributed by atoms with Gasteiger partial charge in [-0.05, 0) is 30.5 Å². The third-order valence-electron chi connectivity index (χ3n) is 4.59. The Kier molecular flexibility index (Phi) is 2.57. The molecule has 1 saturated heterocycles. The van der Waals surface area contributed by atoms with Crippen molar-refractivity contribution in [1.29, 1.82) is 0 Å². The summed E-state index contributed by atoms with van der Waals surface area (Å²) in [5.41, 5.74) is 0.426. The van der Waals surface area contributed by atoms with Crippen LogP contribution in [0.4, 0.5) is 0 Å². The first-order valence-corrected chi connectivity index (χ1v) is 8.89. The Bertz CT molecular complexity index is 257. The monoisotopic (exact) mass is 228 g/mol. The van der Waals surface area contributed by atoms with Gasteiger partial charge >= 0.3 is 0 Å². The zero-order valence-electron chi connectivity index (χ0n) is 10.7. The van der Waals surface area contributed by atoms with Crippen molar-refractivity contribution in [3.05, 3.63) is 0 Å². The predicted molar refractivity (Wildman–Crippen MR) is 64.5 cm³/mol. The first-order valence-electron chi connectivity index (χ1n) is 5.99. The first-order chi connectivity index (χ1) is 6.77. The number of rotatable bonds is 3. The highest BCUT2D eigenvalue weighted by Gasteiger charge is 2.59. The van der Waals surface area contributed by atoms with E-state index >= 15 is 0 Å². The number of ether oxygens (including phenoxy) is 1. The van der Waals surface area contributed by atoms with Gasteiger partial charge in [0, 0.05) is 12.0 Å². The molecule has 2 aliphatic rings. The molecular weight excluding hydrogens is 204 g/mol. The molecule has 1 aliphatic heterocycles. The highest BCUT2D eigenvalue weighted by molar-refractivity contribution is 6.74. The number of hydrogen-bond acceptors (Lipinski definition) is 2. The van der Waals surface area contributed by atoms with E-state index in [-0.39, 0.29) is 0 Å². The topological polar surface area (TPSA) is 18.5 Å². The van der Waals surface area contributed by atoms with Crippen molar-refractivity contribution in [2.45, 2.75) is 45.3 Å². The van der Waals surface area contributed by atoms with Gasteiger partial charge in [0.05, 0.1) is 13.2 Å². The molecule has 2 atom stereocenters. The molecule has 0 amide bonds. The Morgan fingerprint density at radius 3 is 2.47 bits per heavy atom. The molecule has 1 saturated carbocycles. The van der Waals surface area contributed by atoms with Gasteiger partial charge in [-0.15, -0.1) is 0 Å². The van der Waals surface area contributed by atoms with E-state index in [0.29, 0.717) is 10.5 Å². The first kappa shape index (κ1) is 11.6. The minimum absolute atomic E-state index is 0.327. The van der Waals surface area contributed by atoms with E-state index in [2.05, 4.69) is 33.9 Å². The summed E-state index contributed by atoms with van der Waals surface area (Å²) >= 11 is 0. The van der Waals surface area contributed by atoms with Crippen molar-refractivity contribution in [2.75, 3.05) is 19.8 Å². The molecule has 0 aromatic carbocycles. The third-order valence-corrected chi connectivity index (χ3v) is 9.07. The smallest absolute Gasteiger partial charge is 0.192 e. The molecule has 0 bridgehead atoms. The SMILES string of the molecule is CC(C)(C)[Si](C)(C)OCC12COCC1C2. The molecule has 0 aromatic rings. The lowest BCUT2D eigenvalue weighted by molar-refractivity contribution is 0.120. The van der Waals surface area contributed by atoms with Gasteiger partial charge in [0.25, 0.3) is 0 Å². The van der Waals surface area contributed by atoms with Crippen LogP contribution in [0.5, 0.6) is 0 Å². The van der Waals surface area contributed by atoms with E-state index in [1.807, 2.05) is 0 Å². The van der Waals surface area contributed by atoms with Gasteiger partial charge < -0.3 is 9.16 Å². The van der Waals surface area contributed by atoms with Gasteiger partial charge in [0.15, 0.2) is 8.32 Å². The van der Waals surface area contributed by atoms with Gasteiger partial charge in [-0.25, -0.2) is 0 Å². The standard InChI is InChI=1S/C12H24O2Si/c1-11(2,3)15(4,5)14-9-12-6-10(12)7-13-8-12/h10H,6-9H2,1-5H3. The van der Waals surface area contributed by atoms with Crippen molar-refractivity contribution < 1.29 is 9.16 Å². The quantitative estimate of drug-likeness (QED) is 0.691. The summed E-state index contributed by atoms with van der Waals surface area (Å²) in [6, 6.07) is 0. The minimum atomic E-state index is -1.55. The molecule has 15 heavy (non-hydrogen) atoms. The highest BCUT2D eigenvalue weighted by Crippen LogP contribution is 2.57. The molecule has 2 unspecified atom stereocenters. The normalized spacial score (nSPS) is 35.4. The van der Waals surface area contributed by atoms with E-state index < -0.39 is 8.32 Å². The van der Waals surface area contributed by atoms with Crippen LogP contribution in [0.1, 0.15) is 27.2 Å². The third kappa shape index (κ3) is 2.02. The van der Waals surface area contributed by atoms with Crippen LogP contribution in [0.2, 0.25) is 18.1 Å². The van der Waals surface area contributed by atoms with E-state index in [9.17, 15) is 0 Å². The minimum Gasteiger partial charge on any atom is -0.416 e. The second-order valence-electron chi connectivity index (χ2n) is 6.83. The van der Waals surface area contributed by atoms with Crippen LogP contribution in [0.15, 0.2) is 0 Å². The molecular formula is C12H24O2Si. The fourth-order valence-electron chi connectivity index (χ4n) is 2.01. The van der Waals surface area contributed by atoms with Gasteiger partial charge in [-0.3, -0.25) is 0 Å². The number of fused-ring (bicyclic) bond motifs is 1. The summed E-state index contributed by atoms with van der Waals surface area (Å²) < 4.78 is 11.8.